The van der Waals surface area contributed by atoms with Crippen molar-refractivity contribution < 1.29 is 22.7 Å². The van der Waals surface area contributed by atoms with Crippen molar-refractivity contribution in [2.24, 2.45) is 7.05 Å². The molecule has 1 unspecified atom stereocenters. The first-order valence-electron chi connectivity index (χ1n) is 9.39. The smallest absolute Gasteiger partial charge is 0.255 e. The number of aromatic nitrogens is 3. The van der Waals surface area contributed by atoms with Crippen LogP contribution in [0.1, 0.15) is 10.4 Å². The molecule has 0 spiro atoms. The molecule has 160 valence electrons. The van der Waals surface area contributed by atoms with Crippen molar-refractivity contribution in [2.75, 3.05) is 24.6 Å². The van der Waals surface area contributed by atoms with E-state index in [0.717, 1.165) is 0 Å². The fourth-order valence-corrected chi connectivity index (χ4v) is 3.35. The Morgan fingerprint density at radius 3 is 2.48 bits per heavy atom. The minimum Gasteiger partial charge on any atom is -0.366 e. The third-order valence-corrected chi connectivity index (χ3v) is 5.00. The second-order valence-corrected chi connectivity index (χ2v) is 7.00. The molecule has 31 heavy (non-hydrogen) atoms. The molecule has 0 N–H and O–H groups in total. The summed E-state index contributed by atoms with van der Waals surface area (Å²) in [4.78, 5) is 35.4. The van der Waals surface area contributed by atoms with Crippen LogP contribution in [-0.2, 0) is 11.8 Å². The molecule has 7 nitrogen and oxygen atoms in total. The molecule has 3 heterocycles. The number of morpholine rings is 1. The molecule has 0 amide bonds. The number of benzene rings is 1. The summed E-state index contributed by atoms with van der Waals surface area (Å²) in [6.45, 7) is 0.466. The summed E-state index contributed by atoms with van der Waals surface area (Å²) in [6.07, 6.45) is 2.09. The van der Waals surface area contributed by atoms with Crippen molar-refractivity contribution in [3.05, 3.63) is 76.1 Å². The van der Waals surface area contributed by atoms with Crippen molar-refractivity contribution >= 4 is 11.7 Å². The van der Waals surface area contributed by atoms with Crippen LogP contribution in [0.3, 0.4) is 0 Å². The molecule has 1 atom stereocenters. The van der Waals surface area contributed by atoms with Crippen LogP contribution in [0.4, 0.5) is 19.1 Å². The van der Waals surface area contributed by atoms with E-state index in [-0.39, 0.29) is 24.3 Å². The topological polar surface area (TPSA) is 77.3 Å². The Balaban J connectivity index is 1.64. The molecule has 3 aromatic rings. The predicted molar refractivity (Wildman–Crippen MR) is 105 cm³/mol. The predicted octanol–water partition coefficient (Wildman–Crippen LogP) is 2.35. The van der Waals surface area contributed by atoms with Gasteiger partial charge < -0.3 is 9.64 Å². The maximum absolute atomic E-state index is 13.5. The molecule has 0 saturated carbocycles. The molecule has 4 rings (SSSR count). The molecule has 2 aromatic heterocycles. The second kappa shape index (κ2) is 8.31. The highest BCUT2D eigenvalue weighted by Crippen LogP contribution is 2.22. The van der Waals surface area contributed by atoms with E-state index in [9.17, 15) is 22.8 Å². The summed E-state index contributed by atoms with van der Waals surface area (Å²) < 4.78 is 47.1. The molecule has 10 heteroatoms. The molecule has 0 radical (unpaired) electrons. The lowest BCUT2D eigenvalue weighted by molar-refractivity contribution is 0.0336. The summed E-state index contributed by atoms with van der Waals surface area (Å²) in [6, 6.07) is 6.11. The van der Waals surface area contributed by atoms with Gasteiger partial charge in [0.05, 0.1) is 18.8 Å². The number of nitrogens with zero attached hydrogens (tertiary/aromatic N) is 4. The summed E-state index contributed by atoms with van der Waals surface area (Å²) in [5, 5.41) is 0. The zero-order chi connectivity index (χ0) is 22.1. The summed E-state index contributed by atoms with van der Waals surface area (Å²) in [5.41, 5.74) is 0.508. The van der Waals surface area contributed by atoms with Crippen molar-refractivity contribution in [3.63, 3.8) is 0 Å². The first-order chi connectivity index (χ1) is 14.8. The number of ether oxygens (including phenoxy) is 1. The molecule has 0 bridgehead atoms. The van der Waals surface area contributed by atoms with Crippen LogP contribution in [0, 0.1) is 17.5 Å². The van der Waals surface area contributed by atoms with Gasteiger partial charge in [0, 0.05) is 43.2 Å². The lowest BCUT2D eigenvalue weighted by Gasteiger charge is -2.33. The first-order valence-corrected chi connectivity index (χ1v) is 9.39. The molecular formula is C21H17F3N4O3. The second-order valence-electron chi connectivity index (χ2n) is 7.00. The third-order valence-electron chi connectivity index (χ3n) is 5.00. The van der Waals surface area contributed by atoms with Crippen LogP contribution in [0.2, 0.25) is 0 Å². The number of ketones is 1. The minimum atomic E-state index is -1.64. The Hall–Kier alpha value is -3.53. The number of anilines is 1. The van der Waals surface area contributed by atoms with E-state index in [2.05, 4.69) is 9.97 Å². The van der Waals surface area contributed by atoms with E-state index in [1.165, 1.54) is 10.6 Å². The van der Waals surface area contributed by atoms with Gasteiger partial charge in [0.1, 0.15) is 6.10 Å². The van der Waals surface area contributed by atoms with E-state index < -0.39 is 29.3 Å². The summed E-state index contributed by atoms with van der Waals surface area (Å²) >= 11 is 0. The molecule has 1 aliphatic heterocycles. The lowest BCUT2D eigenvalue weighted by Crippen LogP contribution is -2.48. The highest BCUT2D eigenvalue weighted by molar-refractivity contribution is 6.00. The van der Waals surface area contributed by atoms with E-state index in [0.29, 0.717) is 35.9 Å². The van der Waals surface area contributed by atoms with E-state index in [1.807, 2.05) is 0 Å². The lowest BCUT2D eigenvalue weighted by atomic mass is 10.0. The highest BCUT2D eigenvalue weighted by atomic mass is 19.2. The third kappa shape index (κ3) is 4.06. The number of halogens is 3. The number of carbonyl (C=O) groups is 1. The van der Waals surface area contributed by atoms with Crippen LogP contribution in [-0.4, -0.2) is 46.1 Å². The monoisotopic (exact) mass is 430 g/mol. The molecular weight excluding hydrogens is 413 g/mol. The van der Waals surface area contributed by atoms with Gasteiger partial charge in [-0.1, -0.05) is 0 Å². The molecule has 0 aliphatic carbocycles. The van der Waals surface area contributed by atoms with Gasteiger partial charge in [-0.05, 0) is 24.3 Å². The number of hydrogen-bond donors (Lipinski definition) is 0. The van der Waals surface area contributed by atoms with Gasteiger partial charge in [0.2, 0.25) is 5.95 Å². The van der Waals surface area contributed by atoms with E-state index in [1.54, 1.807) is 36.5 Å². The Morgan fingerprint density at radius 1 is 1.13 bits per heavy atom. The number of Topliss-reactive ketones (excluding diaryl/α,β-unsaturated/α-hetero) is 1. The van der Waals surface area contributed by atoms with Gasteiger partial charge in [-0.15, -0.1) is 0 Å². The number of rotatable bonds is 4. The van der Waals surface area contributed by atoms with Crippen LogP contribution < -0.4 is 10.5 Å². The van der Waals surface area contributed by atoms with E-state index in [4.69, 9.17) is 4.74 Å². The SMILES string of the molecule is Cn1c(N2CCOC(C(=O)c3cc(F)c(F)c(F)c3)C2)nc(-c2ccncc2)cc1=O. The first kappa shape index (κ1) is 20.7. The molecule has 1 aliphatic rings. The van der Waals surface area contributed by atoms with Crippen LogP contribution >= 0.6 is 0 Å². The van der Waals surface area contributed by atoms with Crippen LogP contribution in [0.5, 0.6) is 0 Å². The zero-order valence-electron chi connectivity index (χ0n) is 16.4. The average molecular weight is 430 g/mol. The van der Waals surface area contributed by atoms with Gasteiger partial charge in [0.15, 0.2) is 23.2 Å². The summed E-state index contributed by atoms with van der Waals surface area (Å²) in [5.74, 6) is -4.93. The van der Waals surface area contributed by atoms with Gasteiger partial charge in [-0.25, -0.2) is 18.2 Å². The van der Waals surface area contributed by atoms with Gasteiger partial charge >= 0.3 is 0 Å². The van der Waals surface area contributed by atoms with Crippen LogP contribution in [0.15, 0.2) is 47.5 Å². The maximum atomic E-state index is 13.5. The normalized spacial score (nSPS) is 16.4. The van der Waals surface area contributed by atoms with Crippen molar-refractivity contribution in [2.45, 2.75) is 6.10 Å². The van der Waals surface area contributed by atoms with Crippen molar-refractivity contribution in [3.8, 4) is 11.3 Å². The van der Waals surface area contributed by atoms with Gasteiger partial charge in [0.25, 0.3) is 5.56 Å². The Labute approximate surface area is 174 Å². The minimum absolute atomic E-state index is 0.000470. The van der Waals surface area contributed by atoms with Crippen molar-refractivity contribution in [1.29, 1.82) is 0 Å². The molecule has 1 fully saturated rings. The summed E-state index contributed by atoms with van der Waals surface area (Å²) in [7, 11) is 1.55. The number of hydrogen-bond acceptors (Lipinski definition) is 6. The van der Waals surface area contributed by atoms with Gasteiger partial charge in [-0.2, -0.15) is 0 Å². The average Bonchev–Trinajstić information content (AvgIpc) is 2.79. The molecule has 1 saturated heterocycles. The zero-order valence-corrected chi connectivity index (χ0v) is 16.4. The molecule has 1 aromatic carbocycles. The fourth-order valence-electron chi connectivity index (χ4n) is 3.35. The fraction of sp³-hybridized carbons (Fsp3) is 0.238. The Kier molecular flexibility index (Phi) is 5.55. The standard InChI is InChI=1S/C21H17F3N4O3/c1-27-18(29)10-16(12-2-4-25-5-3-12)26-21(27)28-6-7-31-17(11-28)20(30)13-8-14(22)19(24)15(23)9-13/h2-5,8-10,17H,6-7,11H2,1H3. The Morgan fingerprint density at radius 2 is 1.81 bits per heavy atom. The Bertz CT molecular complexity index is 1180. The van der Waals surface area contributed by atoms with E-state index >= 15 is 0 Å². The van der Waals surface area contributed by atoms with Gasteiger partial charge in [-0.3, -0.25) is 19.1 Å². The quantitative estimate of drug-likeness (QED) is 0.467. The highest BCUT2D eigenvalue weighted by Gasteiger charge is 2.30. The number of carbonyl (C=O) groups excluding carboxylic acids is 1. The maximum Gasteiger partial charge on any atom is 0.255 e. The van der Waals surface area contributed by atoms with Crippen LogP contribution in [0.25, 0.3) is 11.3 Å². The number of pyridine rings is 1. The largest absolute Gasteiger partial charge is 0.366 e. The van der Waals surface area contributed by atoms with Crippen molar-refractivity contribution in [1.82, 2.24) is 14.5 Å².